The molecule has 0 spiro atoms. The molecule has 150 valence electrons. The van der Waals surface area contributed by atoms with Crippen molar-refractivity contribution in [1.29, 1.82) is 0 Å². The summed E-state index contributed by atoms with van der Waals surface area (Å²) in [6.07, 6.45) is 4.87. The number of halogens is 1. The molecule has 3 aromatic rings. The highest BCUT2D eigenvalue weighted by Gasteiger charge is 2.05. The first-order chi connectivity index (χ1) is 13.3. The number of hydrogen-bond acceptors (Lipinski definition) is 3. The van der Waals surface area contributed by atoms with E-state index < -0.39 is 0 Å². The maximum Gasteiger partial charge on any atom is 0.191 e. The summed E-state index contributed by atoms with van der Waals surface area (Å²) in [6.45, 7) is 6.63. The lowest BCUT2D eigenvalue weighted by Crippen LogP contribution is -2.37. The van der Waals surface area contributed by atoms with Gasteiger partial charge in [0.25, 0.3) is 0 Å². The van der Waals surface area contributed by atoms with Gasteiger partial charge in [-0.1, -0.05) is 37.3 Å². The second-order valence-electron chi connectivity index (χ2n) is 6.39. The summed E-state index contributed by atoms with van der Waals surface area (Å²) in [5.41, 5.74) is 3.54. The van der Waals surface area contributed by atoms with Crippen LogP contribution in [0.1, 0.15) is 37.2 Å². The number of pyridine rings is 1. The summed E-state index contributed by atoms with van der Waals surface area (Å²) in [7, 11) is 0. The topological polar surface area (TPSA) is 66.6 Å². The number of aromatic nitrogens is 3. The third-order valence-corrected chi connectivity index (χ3v) is 4.50. The van der Waals surface area contributed by atoms with Crippen molar-refractivity contribution >= 4 is 35.6 Å². The monoisotopic (exact) mass is 492 g/mol. The average molecular weight is 492 g/mol. The van der Waals surface area contributed by atoms with E-state index in [1.165, 1.54) is 11.1 Å². The van der Waals surface area contributed by atoms with Crippen molar-refractivity contribution in [1.82, 2.24) is 25.2 Å². The summed E-state index contributed by atoms with van der Waals surface area (Å²) in [5.74, 6) is 1.85. The zero-order chi connectivity index (χ0) is 18.9. The lowest BCUT2D eigenvalue weighted by Gasteiger charge is -2.12. The Balaban J connectivity index is 0.00000280. The molecule has 0 amide bonds. The number of rotatable bonds is 8. The number of guanidine groups is 1. The molecule has 6 nitrogen and oxygen atoms in total. The zero-order valence-electron chi connectivity index (χ0n) is 16.6. The van der Waals surface area contributed by atoms with Crippen molar-refractivity contribution in [3.63, 3.8) is 0 Å². The molecule has 28 heavy (non-hydrogen) atoms. The van der Waals surface area contributed by atoms with Gasteiger partial charge in [0.2, 0.25) is 0 Å². The van der Waals surface area contributed by atoms with Crippen LogP contribution in [0, 0.1) is 0 Å². The summed E-state index contributed by atoms with van der Waals surface area (Å²) < 4.78 is 2.04. The van der Waals surface area contributed by atoms with Gasteiger partial charge in [-0.25, -0.2) is 4.99 Å². The maximum atomic E-state index is 4.74. The van der Waals surface area contributed by atoms with Gasteiger partial charge in [-0.15, -0.1) is 34.2 Å². The Bertz CT molecular complexity index is 889. The Kier molecular flexibility index (Phi) is 9.19. The van der Waals surface area contributed by atoms with E-state index in [-0.39, 0.29) is 24.0 Å². The Morgan fingerprint density at radius 3 is 2.57 bits per heavy atom. The number of aryl methyl sites for hydroxylation is 2. The zero-order valence-corrected chi connectivity index (χ0v) is 18.9. The van der Waals surface area contributed by atoms with Crippen LogP contribution in [0.3, 0.4) is 0 Å². The molecule has 7 heteroatoms. The van der Waals surface area contributed by atoms with Crippen molar-refractivity contribution in [3.8, 4) is 0 Å². The predicted molar refractivity (Wildman–Crippen MR) is 125 cm³/mol. The third kappa shape index (κ3) is 5.92. The molecule has 0 unspecified atom stereocenters. The van der Waals surface area contributed by atoms with Gasteiger partial charge < -0.3 is 10.6 Å². The van der Waals surface area contributed by atoms with Crippen LogP contribution in [0.4, 0.5) is 0 Å². The molecular weight excluding hydrogens is 463 g/mol. The fourth-order valence-electron chi connectivity index (χ4n) is 3.08. The van der Waals surface area contributed by atoms with Crippen LogP contribution >= 0.6 is 24.0 Å². The van der Waals surface area contributed by atoms with Gasteiger partial charge in [-0.2, -0.15) is 0 Å². The van der Waals surface area contributed by atoms with E-state index in [0.717, 1.165) is 49.8 Å². The largest absolute Gasteiger partial charge is 0.357 e. The highest BCUT2D eigenvalue weighted by Crippen LogP contribution is 2.10. The SMILES string of the molecule is CCNC(=NCc1ccccc1CC)NCCCc1nnc2ccccn12.I. The van der Waals surface area contributed by atoms with Crippen LogP contribution < -0.4 is 10.6 Å². The fourth-order valence-corrected chi connectivity index (χ4v) is 3.08. The van der Waals surface area contributed by atoms with E-state index in [1.54, 1.807) is 0 Å². The molecule has 2 N–H and O–H groups in total. The van der Waals surface area contributed by atoms with Gasteiger partial charge in [0.15, 0.2) is 11.6 Å². The van der Waals surface area contributed by atoms with Gasteiger partial charge in [0.05, 0.1) is 6.54 Å². The molecule has 0 aliphatic carbocycles. The molecule has 0 bridgehead atoms. The Labute approximate surface area is 183 Å². The predicted octanol–water partition coefficient (Wildman–Crippen LogP) is 3.60. The average Bonchev–Trinajstić information content (AvgIpc) is 3.12. The first-order valence-electron chi connectivity index (χ1n) is 9.69. The number of nitrogens with one attached hydrogen (secondary N) is 2. The molecule has 0 fully saturated rings. The number of benzene rings is 1. The normalized spacial score (nSPS) is 11.3. The van der Waals surface area contributed by atoms with Gasteiger partial charge in [-0.3, -0.25) is 4.40 Å². The fraction of sp³-hybridized carbons (Fsp3) is 0.381. The van der Waals surface area contributed by atoms with E-state index in [4.69, 9.17) is 4.99 Å². The molecule has 0 aliphatic heterocycles. The quantitative estimate of drug-likeness (QED) is 0.218. The second kappa shape index (κ2) is 11.6. The molecular formula is C21H29IN6. The number of aliphatic imine (C=N–C) groups is 1. The number of nitrogens with zero attached hydrogens (tertiary/aromatic N) is 4. The smallest absolute Gasteiger partial charge is 0.191 e. The molecule has 3 rings (SSSR count). The van der Waals surface area contributed by atoms with Crippen molar-refractivity contribution in [2.24, 2.45) is 4.99 Å². The van der Waals surface area contributed by atoms with E-state index in [1.807, 2.05) is 28.8 Å². The summed E-state index contributed by atoms with van der Waals surface area (Å²) in [5, 5.41) is 15.2. The van der Waals surface area contributed by atoms with E-state index in [9.17, 15) is 0 Å². The third-order valence-electron chi connectivity index (χ3n) is 4.50. The van der Waals surface area contributed by atoms with Crippen molar-refractivity contribution in [2.45, 2.75) is 39.7 Å². The minimum Gasteiger partial charge on any atom is -0.357 e. The second-order valence-corrected chi connectivity index (χ2v) is 6.39. The van der Waals surface area contributed by atoms with Crippen LogP contribution in [0.2, 0.25) is 0 Å². The molecule has 0 atom stereocenters. The molecule has 2 heterocycles. The van der Waals surface area contributed by atoms with Crippen molar-refractivity contribution in [3.05, 3.63) is 65.6 Å². The minimum atomic E-state index is 0. The van der Waals surface area contributed by atoms with E-state index in [0.29, 0.717) is 6.54 Å². The lowest BCUT2D eigenvalue weighted by molar-refractivity contribution is 0.714. The molecule has 2 aromatic heterocycles. The first-order valence-corrected chi connectivity index (χ1v) is 9.69. The van der Waals surface area contributed by atoms with Crippen LogP contribution in [0.5, 0.6) is 0 Å². The molecule has 0 radical (unpaired) electrons. The Morgan fingerprint density at radius 1 is 1.00 bits per heavy atom. The van der Waals surface area contributed by atoms with Gasteiger partial charge in [-0.05, 0) is 43.0 Å². The number of fused-ring (bicyclic) bond motifs is 1. The van der Waals surface area contributed by atoms with Crippen LogP contribution in [-0.2, 0) is 19.4 Å². The van der Waals surface area contributed by atoms with Crippen molar-refractivity contribution in [2.75, 3.05) is 13.1 Å². The van der Waals surface area contributed by atoms with Gasteiger partial charge >= 0.3 is 0 Å². The highest BCUT2D eigenvalue weighted by atomic mass is 127. The summed E-state index contributed by atoms with van der Waals surface area (Å²) >= 11 is 0. The summed E-state index contributed by atoms with van der Waals surface area (Å²) in [6, 6.07) is 14.4. The van der Waals surface area contributed by atoms with Crippen LogP contribution in [0.15, 0.2) is 53.7 Å². The first kappa shape index (κ1) is 22.1. The molecule has 0 saturated heterocycles. The maximum absolute atomic E-state index is 4.74. The highest BCUT2D eigenvalue weighted by molar-refractivity contribution is 14.0. The Morgan fingerprint density at radius 2 is 1.79 bits per heavy atom. The van der Waals surface area contributed by atoms with Crippen LogP contribution in [0.25, 0.3) is 5.65 Å². The van der Waals surface area contributed by atoms with E-state index in [2.05, 4.69) is 58.9 Å². The Hall–Kier alpha value is -2.16. The molecule has 1 aromatic carbocycles. The lowest BCUT2D eigenvalue weighted by atomic mass is 10.1. The summed E-state index contributed by atoms with van der Waals surface area (Å²) in [4.78, 5) is 4.74. The van der Waals surface area contributed by atoms with Crippen LogP contribution in [-0.4, -0.2) is 33.6 Å². The minimum absolute atomic E-state index is 0. The number of hydrogen-bond donors (Lipinski definition) is 2. The molecule has 0 aliphatic rings. The molecule has 0 saturated carbocycles. The standard InChI is InChI=1S/C21H28N6.HI/c1-3-17-10-5-6-11-18(17)16-24-21(22-4-2)23-14-9-13-20-26-25-19-12-7-8-15-27(19)20;/h5-8,10-12,15H,3-4,9,13-14,16H2,1-2H3,(H2,22,23,24);1H. The van der Waals surface area contributed by atoms with Crippen molar-refractivity contribution < 1.29 is 0 Å². The van der Waals surface area contributed by atoms with Gasteiger partial charge in [0.1, 0.15) is 5.82 Å². The van der Waals surface area contributed by atoms with Gasteiger partial charge in [0, 0.05) is 25.7 Å². The van der Waals surface area contributed by atoms with E-state index >= 15 is 0 Å².